The fourth-order valence-electron chi connectivity index (χ4n) is 2.95. The van der Waals surface area contributed by atoms with Crippen molar-refractivity contribution in [1.29, 1.82) is 0 Å². The van der Waals surface area contributed by atoms with Crippen molar-refractivity contribution in [3.05, 3.63) is 88.4 Å². The second-order valence-corrected chi connectivity index (χ2v) is 9.76. The molecule has 0 fully saturated rings. The van der Waals surface area contributed by atoms with Gasteiger partial charge in [-0.1, -0.05) is 52.3 Å². The van der Waals surface area contributed by atoms with Crippen molar-refractivity contribution in [3.63, 3.8) is 0 Å². The van der Waals surface area contributed by atoms with Crippen LogP contribution in [0.3, 0.4) is 0 Å². The number of halogens is 1. The number of para-hydroxylation sites is 1. The Bertz CT molecular complexity index is 1230. The largest absolute Gasteiger partial charge is 0.504 e. The van der Waals surface area contributed by atoms with Crippen LogP contribution in [0.1, 0.15) is 11.1 Å². The lowest BCUT2D eigenvalue weighted by molar-refractivity contribution is -0.121. The van der Waals surface area contributed by atoms with Crippen molar-refractivity contribution in [2.24, 2.45) is 5.10 Å². The van der Waals surface area contributed by atoms with Crippen LogP contribution in [0.4, 0.5) is 0 Å². The van der Waals surface area contributed by atoms with E-state index in [9.17, 15) is 18.3 Å². The van der Waals surface area contributed by atoms with Gasteiger partial charge in [-0.05, 0) is 42.0 Å². The van der Waals surface area contributed by atoms with Crippen molar-refractivity contribution in [1.82, 2.24) is 9.73 Å². The maximum Gasteiger partial charge on any atom is 0.255 e. The highest BCUT2D eigenvalue weighted by molar-refractivity contribution is 9.10. The smallest absolute Gasteiger partial charge is 0.255 e. The summed E-state index contributed by atoms with van der Waals surface area (Å²) in [5.74, 6) is -0.494. The number of sulfonamides is 1. The molecule has 3 aromatic carbocycles. The first-order valence-electron chi connectivity index (χ1n) is 9.79. The van der Waals surface area contributed by atoms with E-state index in [2.05, 4.69) is 26.5 Å². The normalized spacial score (nSPS) is 11.6. The number of carbonyl (C=O) groups excluding carboxylic acids is 1. The van der Waals surface area contributed by atoms with Crippen LogP contribution in [0, 0.1) is 0 Å². The number of methoxy groups -OCH3 is 1. The molecule has 8 nitrogen and oxygen atoms in total. The maximum atomic E-state index is 13.2. The minimum Gasteiger partial charge on any atom is -0.504 e. The van der Waals surface area contributed by atoms with Crippen molar-refractivity contribution < 1.29 is 23.1 Å². The van der Waals surface area contributed by atoms with Crippen LogP contribution in [0.25, 0.3) is 0 Å². The summed E-state index contributed by atoms with van der Waals surface area (Å²) in [6.45, 7) is -0.443. The summed E-state index contributed by atoms with van der Waals surface area (Å²) in [7, 11) is -2.54. The van der Waals surface area contributed by atoms with Gasteiger partial charge >= 0.3 is 0 Å². The van der Waals surface area contributed by atoms with Gasteiger partial charge in [0.1, 0.15) is 0 Å². The number of hydrogen-bond donors (Lipinski definition) is 2. The Kier molecular flexibility index (Phi) is 8.21. The number of phenolic OH excluding ortho intramolecular Hbond substituents is 1. The zero-order valence-electron chi connectivity index (χ0n) is 17.7. The third kappa shape index (κ3) is 6.41. The van der Waals surface area contributed by atoms with Crippen molar-refractivity contribution in [2.75, 3.05) is 13.7 Å². The van der Waals surface area contributed by atoms with E-state index in [-0.39, 0.29) is 22.9 Å². The molecule has 1 amide bonds. The lowest BCUT2D eigenvalue weighted by atomic mass is 10.2. The second-order valence-electron chi connectivity index (χ2n) is 6.90. The molecule has 0 aliphatic rings. The molecule has 0 bridgehead atoms. The number of nitrogens with one attached hydrogen (secondary N) is 1. The summed E-state index contributed by atoms with van der Waals surface area (Å²) in [6.07, 6.45) is 1.25. The number of benzene rings is 3. The number of hydrogen-bond acceptors (Lipinski definition) is 6. The molecule has 0 aliphatic heterocycles. The number of aromatic hydroxyl groups is 1. The summed E-state index contributed by atoms with van der Waals surface area (Å²) in [4.78, 5) is 12.6. The van der Waals surface area contributed by atoms with E-state index in [0.717, 1.165) is 14.3 Å². The van der Waals surface area contributed by atoms with E-state index in [4.69, 9.17) is 4.74 Å². The minimum absolute atomic E-state index is 0.00699. The van der Waals surface area contributed by atoms with Gasteiger partial charge in [0.25, 0.3) is 5.91 Å². The minimum atomic E-state index is -3.96. The van der Waals surface area contributed by atoms with Gasteiger partial charge in [0, 0.05) is 16.6 Å². The Morgan fingerprint density at radius 2 is 1.79 bits per heavy atom. The zero-order chi connectivity index (χ0) is 23.8. The van der Waals surface area contributed by atoms with Gasteiger partial charge in [0.2, 0.25) is 10.0 Å². The highest BCUT2D eigenvalue weighted by atomic mass is 79.9. The quantitative estimate of drug-likeness (QED) is 0.324. The van der Waals surface area contributed by atoms with Crippen LogP contribution in [0.5, 0.6) is 11.5 Å². The third-order valence-electron chi connectivity index (χ3n) is 4.62. The number of amides is 1. The number of hydrazone groups is 1. The predicted molar refractivity (Wildman–Crippen MR) is 129 cm³/mol. The van der Waals surface area contributed by atoms with Crippen LogP contribution in [0.2, 0.25) is 0 Å². The average molecular weight is 532 g/mol. The molecule has 3 rings (SSSR count). The monoisotopic (exact) mass is 531 g/mol. The van der Waals surface area contributed by atoms with E-state index in [0.29, 0.717) is 5.56 Å². The Morgan fingerprint density at radius 3 is 2.45 bits per heavy atom. The molecule has 3 aromatic rings. The van der Waals surface area contributed by atoms with Gasteiger partial charge in [0.05, 0.1) is 24.8 Å². The zero-order valence-corrected chi connectivity index (χ0v) is 20.1. The standard InChI is InChI=1S/C23H22BrN3O5S/c1-32-21-9-5-8-18(23(21)29)14-25-26-22(28)16-27(15-17-6-3-2-4-7-17)33(30,31)20-12-10-19(24)11-13-20/h2-14,29H,15-16H2,1H3,(H,26,28)/b25-14-. The Balaban J connectivity index is 1.78. The fraction of sp³-hybridized carbons (Fsp3) is 0.130. The number of ether oxygens (including phenoxy) is 1. The molecular weight excluding hydrogens is 510 g/mol. The molecule has 0 unspecified atom stereocenters. The molecule has 33 heavy (non-hydrogen) atoms. The Morgan fingerprint density at radius 1 is 1.09 bits per heavy atom. The molecule has 0 heterocycles. The SMILES string of the molecule is COc1cccc(/C=N\NC(=O)CN(Cc2ccccc2)S(=O)(=O)c2ccc(Br)cc2)c1O. The average Bonchev–Trinajstić information content (AvgIpc) is 2.81. The molecule has 0 atom stereocenters. The number of rotatable bonds is 9. The first kappa shape index (κ1) is 24.4. The summed E-state index contributed by atoms with van der Waals surface area (Å²) >= 11 is 3.29. The molecule has 0 saturated carbocycles. The van der Waals surface area contributed by atoms with E-state index < -0.39 is 22.5 Å². The molecule has 0 aromatic heterocycles. The van der Waals surface area contributed by atoms with Crippen LogP contribution in [0.15, 0.2) is 87.3 Å². The van der Waals surface area contributed by atoms with Gasteiger partial charge in [-0.2, -0.15) is 9.41 Å². The lowest BCUT2D eigenvalue weighted by Gasteiger charge is -2.21. The highest BCUT2D eigenvalue weighted by Crippen LogP contribution is 2.28. The molecule has 0 saturated heterocycles. The Labute approximate surface area is 200 Å². The highest BCUT2D eigenvalue weighted by Gasteiger charge is 2.27. The third-order valence-corrected chi connectivity index (χ3v) is 6.95. The maximum absolute atomic E-state index is 13.2. The molecule has 10 heteroatoms. The topological polar surface area (TPSA) is 108 Å². The first-order chi connectivity index (χ1) is 15.8. The second kappa shape index (κ2) is 11.1. The fourth-order valence-corrected chi connectivity index (χ4v) is 4.59. The lowest BCUT2D eigenvalue weighted by Crippen LogP contribution is -2.39. The van der Waals surface area contributed by atoms with Crippen molar-refractivity contribution >= 4 is 38.1 Å². The first-order valence-corrected chi connectivity index (χ1v) is 12.0. The summed E-state index contributed by atoms with van der Waals surface area (Å²) in [6, 6.07) is 20.0. The predicted octanol–water partition coefficient (Wildman–Crippen LogP) is 3.50. The summed E-state index contributed by atoms with van der Waals surface area (Å²) in [5.41, 5.74) is 3.37. The number of nitrogens with zero attached hydrogens (tertiary/aromatic N) is 2. The summed E-state index contributed by atoms with van der Waals surface area (Å²) < 4.78 is 33.3. The van der Waals surface area contributed by atoms with Gasteiger partial charge in [-0.3, -0.25) is 4.79 Å². The summed E-state index contributed by atoms with van der Waals surface area (Å²) in [5, 5.41) is 13.9. The van der Waals surface area contributed by atoms with Crippen LogP contribution in [-0.4, -0.2) is 43.6 Å². The van der Waals surface area contributed by atoms with Gasteiger partial charge in [-0.15, -0.1) is 0 Å². The molecule has 0 aliphatic carbocycles. The van der Waals surface area contributed by atoms with Gasteiger partial charge in [0.15, 0.2) is 11.5 Å². The van der Waals surface area contributed by atoms with Crippen LogP contribution >= 0.6 is 15.9 Å². The van der Waals surface area contributed by atoms with E-state index in [1.54, 1.807) is 54.6 Å². The molecule has 2 N–H and O–H groups in total. The van der Waals surface area contributed by atoms with Crippen LogP contribution < -0.4 is 10.2 Å². The molecular formula is C23H22BrN3O5S. The van der Waals surface area contributed by atoms with E-state index in [1.165, 1.54) is 25.5 Å². The van der Waals surface area contributed by atoms with Crippen molar-refractivity contribution in [2.45, 2.75) is 11.4 Å². The number of carbonyl (C=O) groups is 1. The van der Waals surface area contributed by atoms with Gasteiger partial charge < -0.3 is 9.84 Å². The molecule has 172 valence electrons. The van der Waals surface area contributed by atoms with E-state index in [1.807, 2.05) is 6.07 Å². The van der Waals surface area contributed by atoms with Gasteiger partial charge in [-0.25, -0.2) is 13.8 Å². The molecule has 0 spiro atoms. The van der Waals surface area contributed by atoms with Crippen molar-refractivity contribution in [3.8, 4) is 11.5 Å². The number of phenols is 1. The van der Waals surface area contributed by atoms with Crippen LogP contribution in [-0.2, 0) is 21.4 Å². The Hall–Kier alpha value is -3.21. The molecule has 0 radical (unpaired) electrons. The van der Waals surface area contributed by atoms with E-state index >= 15 is 0 Å².